The predicted molar refractivity (Wildman–Crippen MR) is 265 cm³/mol. The quantitative estimate of drug-likeness (QED) is 0.0221. The summed E-state index contributed by atoms with van der Waals surface area (Å²) in [6, 6.07) is 0. The van der Waals surface area contributed by atoms with E-state index in [1.54, 1.807) is 0 Å². The Labute approximate surface area is 418 Å². The predicted octanol–water partition coefficient (Wildman–Crippen LogP) is 5.81. The van der Waals surface area contributed by atoms with Gasteiger partial charge in [-0.1, -0.05) is 114 Å². The van der Waals surface area contributed by atoms with Gasteiger partial charge in [0.25, 0.3) is 0 Å². The topological polar surface area (TPSA) is 364 Å². The molecular weight excluding hydrogens is 1010 g/mol. The molecule has 10 N–H and O–H groups in total. The van der Waals surface area contributed by atoms with Crippen LogP contribution in [0.5, 0.6) is 0 Å². The number of fused-ring (bicyclic) bond motifs is 1. The Morgan fingerprint density at radius 1 is 0.859 bits per heavy atom. The van der Waals surface area contributed by atoms with E-state index in [0.29, 0.717) is 12.2 Å². The monoisotopic (exact) mass is 1080 g/mol. The molecule has 1 aliphatic rings. The standard InChI is InChI=1S/C43H72N7O17P3S/c1-4-5-6-7-8-9-10-11-12-13-14-15-16-17-18-19-20-21-22-23-34(52)71-27-26-45-33(51)24-25-46-41(55)38(54)43(2,3)29-64-70(61,62)67-69(59,60)63-28-32-37(66-68(56,57)58)36(53)42(65-32)50-31-49-35-39(44)47-30-48-40(35)50/h5-6,8-9,11-12,30-32,36-38,42,53-54H,4,7,10,13-29H2,1-3H3,(H,45,51)(H,46,55)(H,59,60)(H,61,62)(H2,44,47,48)(H2,56,57,58)/b6-5-,9-8-,12-11-/t32-,36-,37-,38+,42-/m1/s1. The number of thioether (sulfide) groups is 1. The first kappa shape index (κ1) is 62.1. The number of allylic oxidation sites excluding steroid dienone is 6. The average molecular weight is 1080 g/mol. The van der Waals surface area contributed by atoms with E-state index in [2.05, 4.69) is 77.8 Å². The summed E-state index contributed by atoms with van der Waals surface area (Å²) in [6.45, 7) is 2.70. The van der Waals surface area contributed by atoms with Crippen LogP contribution in [-0.2, 0) is 50.7 Å². The number of nitrogen functional groups attached to an aromatic ring is 1. The van der Waals surface area contributed by atoms with E-state index in [9.17, 15) is 57.9 Å². The van der Waals surface area contributed by atoms with Crippen LogP contribution in [0.2, 0.25) is 0 Å². The third-order valence-corrected chi connectivity index (χ3v) is 14.8. The molecule has 0 aromatic carbocycles. The summed E-state index contributed by atoms with van der Waals surface area (Å²) in [6.07, 6.45) is 21.3. The minimum Gasteiger partial charge on any atom is -0.386 e. The van der Waals surface area contributed by atoms with Crippen LogP contribution in [0, 0.1) is 5.41 Å². The van der Waals surface area contributed by atoms with Crippen molar-refractivity contribution in [3.8, 4) is 0 Å². The van der Waals surface area contributed by atoms with Crippen molar-refractivity contribution < 1.29 is 80.5 Å². The maximum atomic E-state index is 12.8. The van der Waals surface area contributed by atoms with E-state index in [0.717, 1.165) is 73.9 Å². The number of aliphatic hydroxyl groups is 2. The molecule has 71 heavy (non-hydrogen) atoms. The molecule has 0 bridgehead atoms. The van der Waals surface area contributed by atoms with Gasteiger partial charge in [-0.05, 0) is 38.5 Å². The van der Waals surface area contributed by atoms with Crippen molar-refractivity contribution in [1.29, 1.82) is 0 Å². The Morgan fingerprint density at radius 3 is 2.14 bits per heavy atom. The molecule has 3 rings (SSSR count). The Morgan fingerprint density at radius 2 is 1.48 bits per heavy atom. The fourth-order valence-electron chi connectivity index (χ4n) is 6.96. The molecule has 1 fully saturated rings. The van der Waals surface area contributed by atoms with Crippen LogP contribution in [0.1, 0.15) is 123 Å². The van der Waals surface area contributed by atoms with Crippen LogP contribution in [0.25, 0.3) is 11.2 Å². The SMILES string of the molecule is CC/C=C\C/C=C\C/C=C\CCCCCCCCCCCC(=O)SCCNC(=O)CCNC(=O)[C@H](O)C(C)(C)COP(=O)(O)OP(=O)(O)OC[C@H]1O[C@@H](n2cnc3c(N)ncnc32)[C@H](O)[C@@H]1OP(=O)(O)O. The zero-order valence-corrected chi connectivity index (χ0v) is 43.9. The van der Waals surface area contributed by atoms with E-state index in [4.69, 9.17) is 19.5 Å². The third kappa shape index (κ3) is 24.1. The number of anilines is 1. The molecule has 28 heteroatoms. The number of amides is 2. The number of aromatic nitrogens is 4. The van der Waals surface area contributed by atoms with Crippen molar-refractivity contribution in [1.82, 2.24) is 30.2 Å². The van der Waals surface area contributed by atoms with Crippen LogP contribution in [-0.4, -0.2) is 123 Å². The molecule has 3 heterocycles. The Kier molecular flexibility index (Phi) is 27.5. The first-order valence-corrected chi connectivity index (χ1v) is 29.1. The number of imidazole rings is 1. The second-order valence-corrected chi connectivity index (χ2v) is 22.7. The molecule has 0 spiro atoms. The van der Waals surface area contributed by atoms with Crippen LogP contribution >= 0.6 is 35.2 Å². The minimum atomic E-state index is -5.58. The molecule has 0 aliphatic carbocycles. The number of rotatable bonds is 36. The van der Waals surface area contributed by atoms with E-state index in [-0.39, 0.29) is 41.6 Å². The number of aliphatic hydroxyl groups excluding tert-OH is 2. The van der Waals surface area contributed by atoms with Crippen molar-refractivity contribution in [3.63, 3.8) is 0 Å². The number of hydrogen-bond acceptors (Lipinski definition) is 18. The van der Waals surface area contributed by atoms with Crippen molar-refractivity contribution in [2.24, 2.45) is 5.41 Å². The van der Waals surface area contributed by atoms with Gasteiger partial charge in [-0.3, -0.25) is 32.5 Å². The molecule has 1 aliphatic heterocycles. The van der Waals surface area contributed by atoms with Crippen LogP contribution in [0.15, 0.2) is 49.1 Å². The van der Waals surface area contributed by atoms with Crippen LogP contribution < -0.4 is 16.4 Å². The van der Waals surface area contributed by atoms with Gasteiger partial charge in [0.2, 0.25) is 11.8 Å². The molecule has 0 radical (unpaired) electrons. The number of phosphoric acid groups is 3. The molecule has 402 valence electrons. The molecule has 24 nitrogen and oxygen atoms in total. The number of unbranched alkanes of at least 4 members (excludes halogenated alkanes) is 9. The molecular formula is C43H72N7O17P3S. The molecule has 7 atom stereocenters. The zero-order valence-electron chi connectivity index (χ0n) is 40.4. The molecule has 1 saturated heterocycles. The molecule has 2 amide bonds. The number of phosphoric ester groups is 3. The summed E-state index contributed by atoms with van der Waals surface area (Å²) < 4.78 is 62.5. The highest BCUT2D eigenvalue weighted by atomic mass is 32.2. The number of carbonyl (C=O) groups excluding carboxylic acids is 3. The van der Waals surface area contributed by atoms with Gasteiger partial charge >= 0.3 is 23.5 Å². The Hall–Kier alpha value is -3.22. The highest BCUT2D eigenvalue weighted by Gasteiger charge is 2.50. The van der Waals surface area contributed by atoms with Gasteiger partial charge in [0, 0.05) is 37.1 Å². The number of carbonyl (C=O) groups is 3. The lowest BCUT2D eigenvalue weighted by Gasteiger charge is -2.30. The minimum absolute atomic E-state index is 0.0325. The third-order valence-electron chi connectivity index (χ3n) is 10.8. The lowest BCUT2D eigenvalue weighted by atomic mass is 9.87. The summed E-state index contributed by atoms with van der Waals surface area (Å²) in [5.41, 5.74) is 4.29. The van der Waals surface area contributed by atoms with E-state index >= 15 is 0 Å². The number of nitrogens with one attached hydrogen (secondary N) is 2. The van der Waals surface area contributed by atoms with Crippen LogP contribution in [0.4, 0.5) is 5.82 Å². The van der Waals surface area contributed by atoms with Gasteiger partial charge in [0.05, 0.1) is 19.5 Å². The normalized spacial score (nSPS) is 20.0. The number of nitrogens with zero attached hydrogens (tertiary/aromatic N) is 4. The van der Waals surface area contributed by atoms with E-state index < -0.39 is 84.6 Å². The summed E-state index contributed by atoms with van der Waals surface area (Å²) >= 11 is 1.15. The Balaban J connectivity index is 1.26. The van der Waals surface area contributed by atoms with Crippen molar-refractivity contribution in [2.45, 2.75) is 148 Å². The maximum absolute atomic E-state index is 12.8. The fraction of sp³-hybridized carbons (Fsp3) is 0.674. The summed E-state index contributed by atoms with van der Waals surface area (Å²) in [4.78, 5) is 88.5. The smallest absolute Gasteiger partial charge is 0.386 e. The largest absolute Gasteiger partial charge is 0.481 e. The van der Waals surface area contributed by atoms with Gasteiger partial charge in [0.15, 0.2) is 22.8 Å². The highest BCUT2D eigenvalue weighted by molar-refractivity contribution is 8.13. The number of ether oxygens (including phenoxy) is 1. The van der Waals surface area contributed by atoms with Gasteiger partial charge in [-0.25, -0.2) is 28.6 Å². The lowest BCUT2D eigenvalue weighted by Crippen LogP contribution is -2.46. The average Bonchev–Trinajstić information content (AvgIpc) is 3.86. The van der Waals surface area contributed by atoms with Crippen molar-refractivity contribution in [2.75, 3.05) is 37.8 Å². The Bertz CT molecular complexity index is 2210. The second-order valence-electron chi connectivity index (χ2n) is 17.3. The zero-order chi connectivity index (χ0) is 52.5. The summed E-state index contributed by atoms with van der Waals surface area (Å²) in [7, 11) is -16.4. The van der Waals surface area contributed by atoms with Gasteiger partial charge in [0.1, 0.15) is 36.3 Å². The number of nitrogens with two attached hydrogens (primary N) is 1. The van der Waals surface area contributed by atoms with E-state index in [1.807, 2.05) is 0 Å². The van der Waals surface area contributed by atoms with Gasteiger partial charge in [-0.2, -0.15) is 4.31 Å². The molecule has 2 aromatic heterocycles. The number of hydrogen-bond donors (Lipinski definition) is 9. The maximum Gasteiger partial charge on any atom is 0.481 e. The molecule has 0 saturated carbocycles. The highest BCUT2D eigenvalue weighted by Crippen LogP contribution is 2.61. The van der Waals surface area contributed by atoms with Gasteiger partial charge < -0.3 is 50.9 Å². The fourth-order valence-corrected chi connectivity index (χ4v) is 10.5. The van der Waals surface area contributed by atoms with Crippen molar-refractivity contribution >= 4 is 69.1 Å². The van der Waals surface area contributed by atoms with Crippen LogP contribution in [0.3, 0.4) is 0 Å². The second kappa shape index (κ2) is 31.5. The summed E-state index contributed by atoms with van der Waals surface area (Å²) in [5, 5.41) is 26.7. The first-order chi connectivity index (χ1) is 33.6. The van der Waals surface area contributed by atoms with Crippen molar-refractivity contribution in [3.05, 3.63) is 49.1 Å². The lowest BCUT2D eigenvalue weighted by molar-refractivity contribution is -0.137. The molecule has 2 unspecified atom stereocenters. The van der Waals surface area contributed by atoms with Gasteiger partial charge in [-0.15, -0.1) is 0 Å². The summed E-state index contributed by atoms with van der Waals surface area (Å²) in [5.74, 6) is -1.04. The first-order valence-electron chi connectivity index (χ1n) is 23.6. The molecule has 2 aromatic rings. The van der Waals surface area contributed by atoms with E-state index in [1.165, 1.54) is 52.4 Å².